The van der Waals surface area contributed by atoms with Gasteiger partial charge in [0.1, 0.15) is 17.4 Å². The fraction of sp³-hybridized carbons (Fsp3) is 0.125. The van der Waals surface area contributed by atoms with Crippen molar-refractivity contribution in [1.29, 1.82) is 5.26 Å². The molecular weight excluding hydrogens is 290 g/mol. The number of para-hydroxylation sites is 2. The zero-order chi connectivity index (χ0) is 15.9. The summed E-state index contributed by atoms with van der Waals surface area (Å²) in [7, 11) is 1.42. The number of fused-ring (bicyclic) bond motifs is 1. The van der Waals surface area contributed by atoms with Crippen molar-refractivity contribution < 1.29 is 18.3 Å². The van der Waals surface area contributed by atoms with Gasteiger partial charge in [0.25, 0.3) is 5.91 Å². The number of rotatable bonds is 2. The van der Waals surface area contributed by atoms with Crippen LogP contribution in [0.15, 0.2) is 36.4 Å². The van der Waals surface area contributed by atoms with Gasteiger partial charge in [-0.1, -0.05) is 12.1 Å². The van der Waals surface area contributed by atoms with Crippen LogP contribution in [0.5, 0.6) is 5.75 Å². The first-order chi connectivity index (χ1) is 10.6. The van der Waals surface area contributed by atoms with E-state index < -0.39 is 23.6 Å². The average Bonchev–Trinajstić information content (AvgIpc) is 2.80. The van der Waals surface area contributed by atoms with E-state index in [9.17, 15) is 18.8 Å². The summed E-state index contributed by atoms with van der Waals surface area (Å²) in [5.74, 6) is -2.04. The van der Waals surface area contributed by atoms with Crippen molar-refractivity contribution in [2.75, 3.05) is 12.0 Å². The Kier molecular flexibility index (Phi) is 3.26. The minimum absolute atomic E-state index is 0.111. The highest BCUT2D eigenvalue weighted by Gasteiger charge is 2.41. The molecule has 110 valence electrons. The molecule has 0 aromatic heterocycles. The summed E-state index contributed by atoms with van der Waals surface area (Å²) in [5, 5.41) is 9.37. The number of anilines is 1. The Morgan fingerprint density at radius 2 is 2.00 bits per heavy atom. The fourth-order valence-corrected chi connectivity index (χ4v) is 2.62. The molecule has 1 aliphatic rings. The molecule has 0 saturated carbocycles. The lowest BCUT2D eigenvalue weighted by Crippen LogP contribution is -2.27. The molecule has 2 aromatic rings. The summed E-state index contributed by atoms with van der Waals surface area (Å²) in [6, 6.07) is 8.92. The van der Waals surface area contributed by atoms with E-state index in [1.54, 1.807) is 24.3 Å². The molecule has 1 aliphatic heterocycles. The van der Waals surface area contributed by atoms with Crippen LogP contribution in [0.2, 0.25) is 0 Å². The van der Waals surface area contributed by atoms with Gasteiger partial charge in [-0.25, -0.2) is 8.78 Å². The smallest absolute Gasteiger partial charge is 0.260 e. The van der Waals surface area contributed by atoms with E-state index in [1.807, 2.05) is 6.07 Å². The molecule has 6 heteroatoms. The summed E-state index contributed by atoms with van der Waals surface area (Å²) in [4.78, 5) is 13.6. The first-order valence-electron chi connectivity index (χ1n) is 6.43. The first-order valence-corrected chi connectivity index (χ1v) is 6.43. The Morgan fingerprint density at radius 1 is 1.27 bits per heavy atom. The summed E-state index contributed by atoms with van der Waals surface area (Å²) in [5.41, 5.74) is 0.0762. The molecule has 0 spiro atoms. The van der Waals surface area contributed by atoms with E-state index in [-0.39, 0.29) is 11.1 Å². The topological polar surface area (TPSA) is 53.3 Å². The van der Waals surface area contributed by atoms with Gasteiger partial charge in [0.2, 0.25) is 0 Å². The van der Waals surface area contributed by atoms with Crippen LogP contribution in [0.3, 0.4) is 0 Å². The van der Waals surface area contributed by atoms with Gasteiger partial charge < -0.3 is 4.74 Å². The van der Waals surface area contributed by atoms with E-state index in [1.165, 1.54) is 7.11 Å². The van der Waals surface area contributed by atoms with Gasteiger partial charge in [0, 0.05) is 11.6 Å². The van der Waals surface area contributed by atoms with Crippen LogP contribution in [0.1, 0.15) is 22.0 Å². The second-order valence-corrected chi connectivity index (χ2v) is 4.73. The number of amides is 1. The van der Waals surface area contributed by atoms with Crippen molar-refractivity contribution in [3.8, 4) is 11.8 Å². The van der Waals surface area contributed by atoms with Crippen LogP contribution in [0.4, 0.5) is 14.5 Å². The van der Waals surface area contributed by atoms with Crippen molar-refractivity contribution in [1.82, 2.24) is 0 Å². The number of halogens is 2. The molecule has 0 saturated heterocycles. The lowest BCUT2D eigenvalue weighted by atomic mass is 10.0. The summed E-state index contributed by atoms with van der Waals surface area (Å²) >= 11 is 0. The highest BCUT2D eigenvalue weighted by atomic mass is 19.1. The molecular formula is C16H10F2N2O2. The van der Waals surface area contributed by atoms with E-state index in [0.29, 0.717) is 17.5 Å². The average molecular weight is 300 g/mol. The zero-order valence-electron chi connectivity index (χ0n) is 11.5. The number of nitriles is 1. The SMILES string of the molecule is COc1ccccc1N1C(=O)c2cc(F)cc(F)c2C1C#N. The quantitative estimate of drug-likeness (QED) is 0.856. The third-order valence-electron chi connectivity index (χ3n) is 3.54. The van der Waals surface area contributed by atoms with Crippen LogP contribution >= 0.6 is 0 Å². The van der Waals surface area contributed by atoms with Gasteiger partial charge in [-0.3, -0.25) is 9.69 Å². The second-order valence-electron chi connectivity index (χ2n) is 4.73. The van der Waals surface area contributed by atoms with Crippen LogP contribution < -0.4 is 9.64 Å². The maximum atomic E-state index is 14.0. The maximum Gasteiger partial charge on any atom is 0.260 e. The van der Waals surface area contributed by atoms with E-state index >= 15 is 0 Å². The van der Waals surface area contributed by atoms with E-state index in [4.69, 9.17) is 4.74 Å². The minimum atomic E-state index is -1.17. The number of ether oxygens (including phenoxy) is 1. The molecule has 0 bridgehead atoms. The van der Waals surface area contributed by atoms with Crippen LogP contribution in [0, 0.1) is 23.0 Å². The monoisotopic (exact) mass is 300 g/mol. The van der Waals surface area contributed by atoms with Crippen molar-refractivity contribution in [2.45, 2.75) is 6.04 Å². The molecule has 2 aromatic carbocycles. The standard InChI is InChI=1S/C16H10F2N2O2/c1-22-14-5-3-2-4-12(14)20-13(8-19)15-10(16(20)21)6-9(17)7-11(15)18/h2-7,13H,1H3. The molecule has 0 aliphatic carbocycles. The number of benzene rings is 2. The number of hydrogen-bond donors (Lipinski definition) is 0. The molecule has 1 amide bonds. The van der Waals surface area contributed by atoms with Crippen molar-refractivity contribution in [3.05, 3.63) is 59.2 Å². The van der Waals surface area contributed by atoms with Gasteiger partial charge in [-0.15, -0.1) is 0 Å². The zero-order valence-corrected chi connectivity index (χ0v) is 11.5. The molecule has 0 radical (unpaired) electrons. The van der Waals surface area contributed by atoms with Gasteiger partial charge in [-0.05, 0) is 18.2 Å². The highest BCUT2D eigenvalue weighted by molar-refractivity contribution is 6.12. The first kappa shape index (κ1) is 14.0. The predicted octanol–water partition coefficient (Wildman–Crippen LogP) is 3.20. The Bertz CT molecular complexity index is 814. The molecule has 22 heavy (non-hydrogen) atoms. The molecule has 1 unspecified atom stereocenters. The maximum absolute atomic E-state index is 14.0. The Morgan fingerprint density at radius 3 is 2.68 bits per heavy atom. The third-order valence-corrected chi connectivity index (χ3v) is 3.54. The molecule has 3 rings (SSSR count). The Labute approximate surface area is 125 Å². The Hall–Kier alpha value is -2.94. The summed E-state index contributed by atoms with van der Waals surface area (Å²) < 4.78 is 32.6. The van der Waals surface area contributed by atoms with Crippen LogP contribution in [-0.4, -0.2) is 13.0 Å². The van der Waals surface area contributed by atoms with Gasteiger partial charge in [0.05, 0.1) is 24.4 Å². The summed E-state index contributed by atoms with van der Waals surface area (Å²) in [6.07, 6.45) is 0. The fourth-order valence-electron chi connectivity index (χ4n) is 2.62. The number of nitrogens with zero attached hydrogens (tertiary/aromatic N) is 2. The molecule has 1 atom stereocenters. The molecule has 4 nitrogen and oxygen atoms in total. The van der Waals surface area contributed by atoms with Crippen LogP contribution in [0.25, 0.3) is 0 Å². The van der Waals surface area contributed by atoms with Gasteiger partial charge >= 0.3 is 0 Å². The molecule has 1 heterocycles. The molecule has 0 N–H and O–H groups in total. The lowest BCUT2D eigenvalue weighted by molar-refractivity contribution is 0.0993. The second kappa shape index (κ2) is 5.11. The van der Waals surface area contributed by atoms with E-state index in [2.05, 4.69) is 0 Å². The van der Waals surface area contributed by atoms with Crippen molar-refractivity contribution in [2.24, 2.45) is 0 Å². The number of carbonyl (C=O) groups is 1. The largest absolute Gasteiger partial charge is 0.495 e. The Balaban J connectivity index is 2.22. The third kappa shape index (κ3) is 1.91. The minimum Gasteiger partial charge on any atom is -0.495 e. The predicted molar refractivity (Wildman–Crippen MR) is 74.5 cm³/mol. The van der Waals surface area contributed by atoms with Gasteiger partial charge in [0.15, 0.2) is 6.04 Å². The van der Waals surface area contributed by atoms with E-state index in [0.717, 1.165) is 11.0 Å². The number of hydrogen-bond acceptors (Lipinski definition) is 3. The molecule has 0 fully saturated rings. The normalized spacial score (nSPS) is 16.4. The van der Waals surface area contributed by atoms with Gasteiger partial charge in [-0.2, -0.15) is 5.26 Å². The van der Waals surface area contributed by atoms with Crippen molar-refractivity contribution >= 4 is 11.6 Å². The number of methoxy groups -OCH3 is 1. The summed E-state index contributed by atoms with van der Waals surface area (Å²) in [6.45, 7) is 0. The lowest BCUT2D eigenvalue weighted by Gasteiger charge is -2.22. The van der Waals surface area contributed by atoms with Crippen molar-refractivity contribution in [3.63, 3.8) is 0 Å². The highest BCUT2D eigenvalue weighted by Crippen LogP contribution is 2.42. The van der Waals surface area contributed by atoms with Crippen LogP contribution in [-0.2, 0) is 0 Å². The number of carbonyl (C=O) groups excluding carboxylic acids is 1.